The number of nitrogens with zero attached hydrogens (tertiary/aromatic N) is 1. The van der Waals surface area contributed by atoms with E-state index in [0.29, 0.717) is 12.3 Å². The summed E-state index contributed by atoms with van der Waals surface area (Å²) in [5, 5.41) is 8.57. The molecule has 0 aliphatic heterocycles. The highest BCUT2D eigenvalue weighted by atomic mass is 16.5. The van der Waals surface area contributed by atoms with Crippen molar-refractivity contribution in [1.82, 2.24) is 10.2 Å². The van der Waals surface area contributed by atoms with E-state index in [1.54, 1.807) is 13.2 Å². The molecule has 98 valence electrons. The lowest BCUT2D eigenvalue weighted by molar-refractivity contribution is 0.102. The molecule has 2 rings (SSSR count). The average Bonchev–Trinajstić information content (AvgIpc) is 2.40. The summed E-state index contributed by atoms with van der Waals surface area (Å²) in [6.45, 7) is 0.473. The fourth-order valence-corrected chi connectivity index (χ4v) is 1.57. The first-order valence-corrected chi connectivity index (χ1v) is 5.64. The van der Waals surface area contributed by atoms with Gasteiger partial charge in [0.15, 0.2) is 0 Å². The van der Waals surface area contributed by atoms with Gasteiger partial charge in [-0.1, -0.05) is 12.1 Å². The maximum absolute atomic E-state index is 11.9. The largest absolute Gasteiger partial charge is 0.380 e. The van der Waals surface area contributed by atoms with E-state index in [0.717, 1.165) is 5.56 Å². The second-order valence-corrected chi connectivity index (χ2v) is 3.89. The second kappa shape index (κ2) is 5.92. The van der Waals surface area contributed by atoms with Crippen LogP contribution in [0.15, 0.2) is 41.2 Å². The summed E-state index contributed by atoms with van der Waals surface area (Å²) < 4.78 is 5.02. The molecule has 0 atom stereocenters. The highest BCUT2D eigenvalue weighted by molar-refractivity contribution is 6.02. The molecule has 1 aromatic heterocycles. The number of ether oxygens (including phenoxy) is 1. The summed E-state index contributed by atoms with van der Waals surface area (Å²) in [7, 11) is 1.61. The van der Waals surface area contributed by atoms with Gasteiger partial charge in [0, 0.05) is 18.9 Å². The Labute approximate surface area is 109 Å². The molecule has 1 amide bonds. The van der Waals surface area contributed by atoms with Crippen molar-refractivity contribution >= 4 is 11.6 Å². The van der Waals surface area contributed by atoms with Crippen molar-refractivity contribution < 1.29 is 9.53 Å². The van der Waals surface area contributed by atoms with Gasteiger partial charge in [-0.15, -0.1) is 0 Å². The number of hydrogen-bond donors (Lipinski definition) is 2. The second-order valence-electron chi connectivity index (χ2n) is 3.89. The molecule has 0 aliphatic carbocycles. The quantitative estimate of drug-likeness (QED) is 0.863. The van der Waals surface area contributed by atoms with Gasteiger partial charge in [-0.25, -0.2) is 5.10 Å². The van der Waals surface area contributed by atoms with E-state index in [4.69, 9.17) is 4.74 Å². The van der Waals surface area contributed by atoms with Crippen molar-refractivity contribution in [2.45, 2.75) is 6.61 Å². The molecule has 2 aromatic rings. The fourth-order valence-electron chi connectivity index (χ4n) is 1.57. The minimum absolute atomic E-state index is 0.150. The molecule has 0 unspecified atom stereocenters. The number of benzene rings is 1. The monoisotopic (exact) mass is 259 g/mol. The maximum Gasteiger partial charge on any atom is 0.276 e. The van der Waals surface area contributed by atoms with E-state index in [2.05, 4.69) is 15.5 Å². The maximum atomic E-state index is 11.9. The first-order valence-electron chi connectivity index (χ1n) is 5.64. The summed E-state index contributed by atoms with van der Waals surface area (Å²) in [6.07, 6.45) is 0. The Kier molecular flexibility index (Phi) is 4.04. The number of methoxy groups -OCH3 is 1. The van der Waals surface area contributed by atoms with Gasteiger partial charge < -0.3 is 10.1 Å². The molecule has 1 heterocycles. The van der Waals surface area contributed by atoms with E-state index >= 15 is 0 Å². The van der Waals surface area contributed by atoms with E-state index in [1.165, 1.54) is 12.1 Å². The van der Waals surface area contributed by atoms with Crippen LogP contribution in [-0.2, 0) is 11.3 Å². The van der Waals surface area contributed by atoms with E-state index in [-0.39, 0.29) is 17.2 Å². The predicted octanol–water partition coefficient (Wildman–Crippen LogP) is 1.17. The number of carbonyl (C=O) groups excluding carboxylic acids is 1. The topological polar surface area (TPSA) is 84.1 Å². The van der Waals surface area contributed by atoms with Crippen LogP contribution >= 0.6 is 0 Å². The molecule has 0 fully saturated rings. The Bertz CT molecular complexity index is 617. The van der Waals surface area contributed by atoms with Gasteiger partial charge in [-0.2, -0.15) is 5.10 Å². The molecule has 19 heavy (non-hydrogen) atoms. The van der Waals surface area contributed by atoms with Gasteiger partial charge in [0.05, 0.1) is 6.61 Å². The van der Waals surface area contributed by atoms with Crippen molar-refractivity contribution in [3.8, 4) is 0 Å². The van der Waals surface area contributed by atoms with Crippen molar-refractivity contribution in [2.75, 3.05) is 12.4 Å². The first-order chi connectivity index (χ1) is 9.19. The van der Waals surface area contributed by atoms with Gasteiger partial charge in [0.1, 0.15) is 5.69 Å². The number of H-pyrrole nitrogens is 1. The van der Waals surface area contributed by atoms with Crippen LogP contribution in [0.2, 0.25) is 0 Å². The van der Waals surface area contributed by atoms with Crippen LogP contribution in [0.1, 0.15) is 16.1 Å². The van der Waals surface area contributed by atoms with Crippen LogP contribution in [0.4, 0.5) is 5.69 Å². The standard InChI is InChI=1S/C13H13N3O3/c1-19-8-9-3-2-4-10(7-9)14-13(18)11-5-6-12(17)16-15-11/h2-7H,8H2,1H3,(H,14,18)(H,16,17). The highest BCUT2D eigenvalue weighted by Gasteiger charge is 2.07. The average molecular weight is 259 g/mol. The number of rotatable bonds is 4. The molecular formula is C13H13N3O3. The number of aromatic amines is 1. The molecule has 0 aliphatic rings. The molecule has 6 heteroatoms. The Morgan fingerprint density at radius 1 is 1.37 bits per heavy atom. The summed E-state index contributed by atoms with van der Waals surface area (Å²) in [4.78, 5) is 22.7. The van der Waals surface area contributed by atoms with Crippen molar-refractivity contribution in [3.63, 3.8) is 0 Å². The predicted molar refractivity (Wildman–Crippen MR) is 70.0 cm³/mol. The number of hydrogen-bond acceptors (Lipinski definition) is 4. The van der Waals surface area contributed by atoms with Crippen LogP contribution in [0, 0.1) is 0 Å². The lowest BCUT2D eigenvalue weighted by Gasteiger charge is -2.06. The van der Waals surface area contributed by atoms with Gasteiger partial charge in [-0.3, -0.25) is 9.59 Å². The van der Waals surface area contributed by atoms with E-state index in [9.17, 15) is 9.59 Å². The Morgan fingerprint density at radius 3 is 2.89 bits per heavy atom. The molecule has 0 bridgehead atoms. The number of aromatic nitrogens is 2. The van der Waals surface area contributed by atoms with Crippen LogP contribution in [-0.4, -0.2) is 23.2 Å². The number of anilines is 1. The zero-order valence-electron chi connectivity index (χ0n) is 10.3. The summed E-state index contributed by atoms with van der Waals surface area (Å²) in [5.74, 6) is -0.384. The Balaban J connectivity index is 2.12. The van der Waals surface area contributed by atoms with Gasteiger partial charge in [0.25, 0.3) is 11.5 Å². The zero-order chi connectivity index (χ0) is 13.7. The number of carbonyl (C=O) groups is 1. The molecular weight excluding hydrogens is 246 g/mol. The number of amides is 1. The van der Waals surface area contributed by atoms with Crippen LogP contribution in [0.25, 0.3) is 0 Å². The lowest BCUT2D eigenvalue weighted by atomic mass is 10.2. The molecule has 0 radical (unpaired) electrons. The fraction of sp³-hybridized carbons (Fsp3) is 0.154. The zero-order valence-corrected chi connectivity index (χ0v) is 10.3. The number of nitrogens with one attached hydrogen (secondary N) is 2. The normalized spacial score (nSPS) is 10.2. The van der Waals surface area contributed by atoms with Crippen molar-refractivity contribution in [3.05, 3.63) is 58.0 Å². The molecule has 2 N–H and O–H groups in total. The molecule has 0 spiro atoms. The highest BCUT2D eigenvalue weighted by Crippen LogP contribution is 2.12. The molecule has 0 saturated carbocycles. The smallest absolute Gasteiger partial charge is 0.276 e. The van der Waals surface area contributed by atoms with Crippen LogP contribution in [0.3, 0.4) is 0 Å². The third-order valence-electron chi connectivity index (χ3n) is 2.41. The third kappa shape index (κ3) is 3.49. The summed E-state index contributed by atoms with van der Waals surface area (Å²) in [5.41, 5.74) is 1.40. The van der Waals surface area contributed by atoms with Crippen molar-refractivity contribution in [2.24, 2.45) is 0 Å². The SMILES string of the molecule is COCc1cccc(NC(=O)c2ccc(=O)[nH]n2)c1. The van der Waals surface area contributed by atoms with Crippen LogP contribution < -0.4 is 10.9 Å². The minimum atomic E-state index is -0.384. The third-order valence-corrected chi connectivity index (χ3v) is 2.41. The Morgan fingerprint density at radius 2 is 2.21 bits per heavy atom. The van der Waals surface area contributed by atoms with E-state index in [1.807, 2.05) is 18.2 Å². The van der Waals surface area contributed by atoms with Crippen LogP contribution in [0.5, 0.6) is 0 Å². The molecule has 0 saturated heterocycles. The van der Waals surface area contributed by atoms with E-state index < -0.39 is 0 Å². The van der Waals surface area contributed by atoms with Gasteiger partial charge in [-0.05, 0) is 23.8 Å². The van der Waals surface area contributed by atoms with Crippen molar-refractivity contribution in [1.29, 1.82) is 0 Å². The van der Waals surface area contributed by atoms with Gasteiger partial charge >= 0.3 is 0 Å². The summed E-state index contributed by atoms with van der Waals surface area (Å²) in [6, 6.07) is 9.92. The lowest BCUT2D eigenvalue weighted by Crippen LogP contribution is -2.17. The Hall–Kier alpha value is -2.47. The summed E-state index contributed by atoms with van der Waals surface area (Å²) >= 11 is 0. The van der Waals surface area contributed by atoms with Gasteiger partial charge in [0.2, 0.25) is 0 Å². The minimum Gasteiger partial charge on any atom is -0.380 e. The molecule has 1 aromatic carbocycles. The first kappa shape index (κ1) is 13.0. The molecule has 6 nitrogen and oxygen atoms in total.